The van der Waals surface area contributed by atoms with Gasteiger partial charge in [0.1, 0.15) is 11.5 Å². The molecule has 3 nitrogen and oxygen atoms in total. The maximum Gasteiger partial charge on any atom is 0.127 e. The summed E-state index contributed by atoms with van der Waals surface area (Å²) in [6.07, 6.45) is 0. The molecule has 0 amide bonds. The van der Waals surface area contributed by atoms with Crippen molar-refractivity contribution in [3.05, 3.63) is 54.1 Å². The SMILES string of the molecule is CC(C)(C#N)c1cccc(Oc2ccc(N)cc2)c1. The Balaban J connectivity index is 2.25. The quantitative estimate of drug-likeness (QED) is 0.844. The van der Waals surface area contributed by atoms with Crippen molar-refractivity contribution in [2.24, 2.45) is 0 Å². The van der Waals surface area contributed by atoms with Gasteiger partial charge in [0, 0.05) is 5.69 Å². The number of anilines is 1. The van der Waals surface area contributed by atoms with Crippen LogP contribution in [0.1, 0.15) is 19.4 Å². The minimum Gasteiger partial charge on any atom is -0.457 e. The summed E-state index contributed by atoms with van der Waals surface area (Å²) in [4.78, 5) is 0. The summed E-state index contributed by atoms with van der Waals surface area (Å²) in [6.45, 7) is 3.77. The monoisotopic (exact) mass is 252 g/mol. The van der Waals surface area contributed by atoms with Crippen molar-refractivity contribution in [1.82, 2.24) is 0 Å². The number of benzene rings is 2. The van der Waals surface area contributed by atoms with Gasteiger partial charge in [0.2, 0.25) is 0 Å². The molecule has 0 bridgehead atoms. The highest BCUT2D eigenvalue weighted by Crippen LogP contribution is 2.28. The Bertz CT molecular complexity index is 609. The Kier molecular flexibility index (Phi) is 3.43. The second-order valence-electron chi connectivity index (χ2n) is 4.94. The molecular weight excluding hydrogens is 236 g/mol. The molecule has 0 aromatic heterocycles. The molecule has 0 aliphatic rings. The molecule has 0 heterocycles. The molecule has 0 unspecified atom stereocenters. The molecule has 0 fully saturated rings. The van der Waals surface area contributed by atoms with Crippen LogP contribution in [0.3, 0.4) is 0 Å². The molecule has 2 rings (SSSR count). The van der Waals surface area contributed by atoms with Crippen LogP contribution in [0.15, 0.2) is 48.5 Å². The van der Waals surface area contributed by atoms with Crippen molar-refractivity contribution in [1.29, 1.82) is 5.26 Å². The minimum absolute atomic E-state index is 0.527. The molecule has 0 spiro atoms. The molecule has 2 aromatic carbocycles. The van der Waals surface area contributed by atoms with E-state index in [4.69, 9.17) is 15.7 Å². The maximum absolute atomic E-state index is 9.15. The third-order valence-electron chi connectivity index (χ3n) is 2.95. The smallest absolute Gasteiger partial charge is 0.127 e. The number of hydrogen-bond donors (Lipinski definition) is 1. The molecule has 19 heavy (non-hydrogen) atoms. The molecule has 96 valence electrons. The van der Waals surface area contributed by atoms with E-state index in [1.165, 1.54) is 0 Å². The second kappa shape index (κ2) is 5.03. The molecule has 0 saturated heterocycles. The van der Waals surface area contributed by atoms with Gasteiger partial charge in [0.25, 0.3) is 0 Å². The lowest BCUT2D eigenvalue weighted by Gasteiger charge is -2.16. The Hall–Kier alpha value is -2.47. The van der Waals surface area contributed by atoms with E-state index < -0.39 is 5.41 Å². The molecular formula is C16H16N2O. The summed E-state index contributed by atoms with van der Waals surface area (Å²) in [5.41, 5.74) is 6.73. The van der Waals surface area contributed by atoms with Gasteiger partial charge in [0.15, 0.2) is 0 Å². The van der Waals surface area contributed by atoms with Gasteiger partial charge < -0.3 is 10.5 Å². The van der Waals surface area contributed by atoms with E-state index >= 15 is 0 Å². The first-order valence-electron chi connectivity index (χ1n) is 6.06. The van der Waals surface area contributed by atoms with Crippen LogP contribution in [0.4, 0.5) is 5.69 Å². The summed E-state index contributed by atoms with van der Waals surface area (Å²) >= 11 is 0. The number of ether oxygens (including phenoxy) is 1. The van der Waals surface area contributed by atoms with E-state index in [0.717, 1.165) is 11.3 Å². The average molecular weight is 252 g/mol. The fourth-order valence-electron chi connectivity index (χ4n) is 1.68. The van der Waals surface area contributed by atoms with Crippen LogP contribution < -0.4 is 10.5 Å². The van der Waals surface area contributed by atoms with Crippen LogP contribution in [0, 0.1) is 11.3 Å². The van der Waals surface area contributed by atoms with E-state index in [1.807, 2.05) is 50.2 Å². The summed E-state index contributed by atoms with van der Waals surface area (Å²) in [6, 6.07) is 17.1. The van der Waals surface area contributed by atoms with E-state index in [2.05, 4.69) is 6.07 Å². The molecule has 2 N–H and O–H groups in total. The Morgan fingerprint density at radius 2 is 1.74 bits per heavy atom. The van der Waals surface area contributed by atoms with Gasteiger partial charge in [0.05, 0.1) is 11.5 Å². The molecule has 0 radical (unpaired) electrons. The molecule has 3 heteroatoms. The van der Waals surface area contributed by atoms with Crippen molar-refractivity contribution in [2.75, 3.05) is 5.73 Å². The Labute approximate surface area is 113 Å². The first-order valence-corrected chi connectivity index (χ1v) is 6.06. The van der Waals surface area contributed by atoms with Gasteiger partial charge in [-0.2, -0.15) is 5.26 Å². The van der Waals surface area contributed by atoms with E-state index in [1.54, 1.807) is 12.1 Å². The van der Waals surface area contributed by atoms with Gasteiger partial charge in [-0.3, -0.25) is 0 Å². The lowest BCUT2D eigenvalue weighted by Crippen LogP contribution is -2.13. The lowest BCUT2D eigenvalue weighted by molar-refractivity contribution is 0.480. The van der Waals surface area contributed by atoms with Crippen LogP contribution in [0.25, 0.3) is 0 Å². The van der Waals surface area contributed by atoms with Crippen molar-refractivity contribution >= 4 is 5.69 Å². The molecule has 2 aromatic rings. The van der Waals surface area contributed by atoms with E-state index in [0.29, 0.717) is 11.4 Å². The van der Waals surface area contributed by atoms with Crippen LogP contribution in [-0.2, 0) is 5.41 Å². The number of rotatable bonds is 3. The van der Waals surface area contributed by atoms with E-state index in [9.17, 15) is 0 Å². The Morgan fingerprint density at radius 3 is 2.37 bits per heavy atom. The standard InChI is InChI=1S/C16H16N2O/c1-16(2,11-17)12-4-3-5-15(10-12)19-14-8-6-13(18)7-9-14/h3-10H,18H2,1-2H3. The Morgan fingerprint density at radius 1 is 1.05 bits per heavy atom. The van der Waals surface area contributed by atoms with Crippen molar-refractivity contribution in [3.8, 4) is 17.6 Å². The average Bonchev–Trinajstić information content (AvgIpc) is 2.42. The van der Waals surface area contributed by atoms with Crippen molar-refractivity contribution < 1.29 is 4.74 Å². The first kappa shape index (κ1) is 13.0. The number of nitrogen functional groups attached to an aromatic ring is 1. The van der Waals surface area contributed by atoms with Crippen LogP contribution >= 0.6 is 0 Å². The van der Waals surface area contributed by atoms with Gasteiger partial charge in [-0.25, -0.2) is 0 Å². The first-order chi connectivity index (χ1) is 9.01. The third-order valence-corrected chi connectivity index (χ3v) is 2.95. The number of nitriles is 1. The summed E-state index contributed by atoms with van der Waals surface area (Å²) in [7, 11) is 0. The topological polar surface area (TPSA) is 59.0 Å². The highest BCUT2D eigenvalue weighted by Gasteiger charge is 2.19. The van der Waals surface area contributed by atoms with Gasteiger partial charge >= 0.3 is 0 Å². The zero-order valence-electron chi connectivity index (χ0n) is 11.1. The highest BCUT2D eigenvalue weighted by molar-refractivity contribution is 5.44. The van der Waals surface area contributed by atoms with Gasteiger partial charge in [-0.05, 0) is 55.8 Å². The molecule has 0 aliphatic heterocycles. The van der Waals surface area contributed by atoms with E-state index in [-0.39, 0.29) is 0 Å². The van der Waals surface area contributed by atoms with Crippen molar-refractivity contribution in [3.63, 3.8) is 0 Å². The predicted molar refractivity (Wildman–Crippen MR) is 76.0 cm³/mol. The summed E-state index contributed by atoms with van der Waals surface area (Å²) in [5.74, 6) is 1.44. The molecule has 0 aliphatic carbocycles. The summed E-state index contributed by atoms with van der Waals surface area (Å²) < 4.78 is 5.75. The van der Waals surface area contributed by atoms with Crippen LogP contribution in [0.5, 0.6) is 11.5 Å². The largest absolute Gasteiger partial charge is 0.457 e. The summed E-state index contributed by atoms with van der Waals surface area (Å²) in [5, 5.41) is 9.15. The fraction of sp³-hybridized carbons (Fsp3) is 0.188. The third kappa shape index (κ3) is 3.05. The second-order valence-corrected chi connectivity index (χ2v) is 4.94. The fourth-order valence-corrected chi connectivity index (χ4v) is 1.68. The number of hydrogen-bond acceptors (Lipinski definition) is 3. The number of nitrogens with two attached hydrogens (primary N) is 1. The van der Waals surface area contributed by atoms with Gasteiger partial charge in [-0.1, -0.05) is 12.1 Å². The minimum atomic E-state index is -0.527. The zero-order chi connectivity index (χ0) is 13.9. The van der Waals surface area contributed by atoms with Crippen LogP contribution in [-0.4, -0.2) is 0 Å². The molecule has 0 atom stereocenters. The van der Waals surface area contributed by atoms with Crippen LogP contribution in [0.2, 0.25) is 0 Å². The highest BCUT2D eigenvalue weighted by atomic mass is 16.5. The van der Waals surface area contributed by atoms with Gasteiger partial charge in [-0.15, -0.1) is 0 Å². The zero-order valence-corrected chi connectivity index (χ0v) is 11.1. The maximum atomic E-state index is 9.15. The lowest BCUT2D eigenvalue weighted by atomic mass is 9.86. The number of nitrogens with zero attached hydrogens (tertiary/aromatic N) is 1. The predicted octanol–water partition coefficient (Wildman–Crippen LogP) is 3.86. The van der Waals surface area contributed by atoms with Crippen molar-refractivity contribution in [2.45, 2.75) is 19.3 Å². The molecule has 0 saturated carbocycles. The normalized spacial score (nSPS) is 10.8.